The molecule has 3 rings (SSSR count). The third-order valence-electron chi connectivity index (χ3n) is 5.24. The number of para-hydroxylation sites is 1. The van der Waals surface area contributed by atoms with Gasteiger partial charge in [0, 0.05) is 39.8 Å². The molecule has 0 aliphatic rings. The minimum Gasteiger partial charge on any atom is -0.496 e. The van der Waals surface area contributed by atoms with Crippen LogP contribution in [0.5, 0.6) is 5.75 Å². The summed E-state index contributed by atoms with van der Waals surface area (Å²) in [5.41, 5.74) is 2.98. The van der Waals surface area contributed by atoms with E-state index in [0.717, 1.165) is 24.0 Å². The summed E-state index contributed by atoms with van der Waals surface area (Å²) in [5.74, 6) is -0.860. The monoisotopic (exact) mass is 548 g/mol. The first-order chi connectivity index (χ1) is 17.2. The number of anilines is 1. The van der Waals surface area contributed by atoms with Crippen molar-refractivity contribution in [1.82, 2.24) is 4.98 Å². The highest BCUT2D eigenvalue weighted by molar-refractivity contribution is 7.14. The van der Waals surface area contributed by atoms with E-state index >= 15 is 0 Å². The Labute approximate surface area is 223 Å². The lowest BCUT2D eigenvalue weighted by Gasteiger charge is -2.12. The van der Waals surface area contributed by atoms with E-state index in [2.05, 4.69) is 17.2 Å². The summed E-state index contributed by atoms with van der Waals surface area (Å²) in [6, 6.07) is 8.64. The molecule has 3 aromatic rings. The highest BCUT2D eigenvalue weighted by atomic mass is 35.5. The van der Waals surface area contributed by atoms with Gasteiger partial charge in [0.1, 0.15) is 5.75 Å². The van der Waals surface area contributed by atoms with Crippen molar-refractivity contribution in [2.75, 3.05) is 19.0 Å². The van der Waals surface area contributed by atoms with Crippen molar-refractivity contribution < 1.29 is 24.2 Å². The van der Waals surface area contributed by atoms with Crippen LogP contribution >= 0.6 is 34.5 Å². The molecule has 0 radical (unpaired) electrons. The first kappa shape index (κ1) is 27.7. The molecule has 10 heteroatoms. The number of carboxylic acids is 1. The van der Waals surface area contributed by atoms with Crippen LogP contribution in [-0.2, 0) is 16.1 Å². The number of halogens is 2. The fraction of sp³-hybridized carbons (Fsp3) is 0.269. The summed E-state index contributed by atoms with van der Waals surface area (Å²) in [4.78, 5) is 28.5. The Morgan fingerprint density at radius 1 is 1.22 bits per heavy atom. The van der Waals surface area contributed by atoms with Crippen LogP contribution in [0.1, 0.15) is 48.2 Å². The van der Waals surface area contributed by atoms with Gasteiger partial charge in [-0.25, -0.2) is 9.78 Å². The van der Waals surface area contributed by atoms with Gasteiger partial charge in [0.15, 0.2) is 5.13 Å². The fourth-order valence-corrected chi connectivity index (χ4v) is 4.63. The molecule has 7 nitrogen and oxygen atoms in total. The van der Waals surface area contributed by atoms with Gasteiger partial charge in [0.25, 0.3) is 5.91 Å². The molecule has 36 heavy (non-hydrogen) atoms. The highest BCUT2D eigenvalue weighted by Crippen LogP contribution is 2.35. The molecule has 1 aromatic heterocycles. The van der Waals surface area contributed by atoms with Gasteiger partial charge in [0.2, 0.25) is 0 Å². The Morgan fingerprint density at radius 2 is 1.94 bits per heavy atom. The lowest BCUT2D eigenvalue weighted by molar-refractivity contribution is -0.132. The molecule has 0 bridgehead atoms. The summed E-state index contributed by atoms with van der Waals surface area (Å²) < 4.78 is 11.4. The Hall–Kier alpha value is -2.91. The average Bonchev–Trinajstić information content (AvgIpc) is 3.31. The maximum Gasteiger partial charge on any atom is 0.331 e. The molecule has 1 heterocycles. The molecule has 190 valence electrons. The number of carbonyl (C=O) groups excluding carboxylic acids is 1. The third-order valence-corrected chi connectivity index (χ3v) is 6.62. The van der Waals surface area contributed by atoms with E-state index in [4.69, 9.17) is 37.8 Å². The average molecular weight is 549 g/mol. The van der Waals surface area contributed by atoms with E-state index < -0.39 is 11.9 Å². The predicted octanol–water partition coefficient (Wildman–Crippen LogP) is 7.18. The Morgan fingerprint density at radius 3 is 2.58 bits per heavy atom. The zero-order valence-corrected chi connectivity index (χ0v) is 22.4. The van der Waals surface area contributed by atoms with Crippen LogP contribution in [0.15, 0.2) is 41.3 Å². The number of aliphatic carboxylic acids is 1. The van der Waals surface area contributed by atoms with E-state index in [0.29, 0.717) is 35.4 Å². The number of amides is 1. The van der Waals surface area contributed by atoms with Gasteiger partial charge in [0.05, 0.1) is 29.5 Å². The number of hydrogen-bond donors (Lipinski definition) is 2. The lowest BCUT2D eigenvalue weighted by atomic mass is 10.1. The summed E-state index contributed by atoms with van der Waals surface area (Å²) >= 11 is 13.8. The molecule has 0 atom stereocenters. The Balaban J connectivity index is 1.79. The van der Waals surface area contributed by atoms with Crippen LogP contribution in [0.4, 0.5) is 5.13 Å². The molecule has 2 N–H and O–H groups in total. The molecule has 2 aromatic carbocycles. The van der Waals surface area contributed by atoms with E-state index in [1.807, 2.05) is 23.6 Å². The number of benzene rings is 2. The van der Waals surface area contributed by atoms with Gasteiger partial charge in [-0.3, -0.25) is 10.1 Å². The van der Waals surface area contributed by atoms with Crippen molar-refractivity contribution in [2.24, 2.45) is 0 Å². The number of hydrogen-bond acceptors (Lipinski definition) is 6. The van der Waals surface area contributed by atoms with Crippen molar-refractivity contribution >= 4 is 57.6 Å². The van der Waals surface area contributed by atoms with E-state index in [9.17, 15) is 9.59 Å². The first-order valence-corrected chi connectivity index (χ1v) is 12.8. The van der Waals surface area contributed by atoms with Crippen LogP contribution in [-0.4, -0.2) is 35.7 Å². The van der Waals surface area contributed by atoms with Gasteiger partial charge >= 0.3 is 5.97 Å². The quantitative estimate of drug-likeness (QED) is 0.194. The minimum absolute atomic E-state index is 0.0679. The molecule has 0 unspecified atom stereocenters. The number of carboxylic acid groups (broad SMARTS) is 1. The minimum atomic E-state index is -1.09. The number of methoxy groups -OCH3 is 1. The molecular weight excluding hydrogens is 523 g/mol. The van der Waals surface area contributed by atoms with Crippen molar-refractivity contribution in [3.8, 4) is 17.0 Å². The highest BCUT2D eigenvalue weighted by Gasteiger charge is 2.17. The number of carbonyl (C=O) groups is 2. The van der Waals surface area contributed by atoms with E-state index in [1.54, 1.807) is 7.11 Å². The molecular formula is C26H26Cl2N2O5S. The first-order valence-electron chi connectivity index (χ1n) is 11.2. The summed E-state index contributed by atoms with van der Waals surface area (Å²) in [6.45, 7) is 4.66. The predicted molar refractivity (Wildman–Crippen MR) is 144 cm³/mol. The number of ether oxygens (including phenoxy) is 2. The number of nitrogens with zero attached hydrogens (tertiary/aromatic N) is 1. The second-order valence-corrected chi connectivity index (χ2v) is 9.55. The van der Waals surface area contributed by atoms with Crippen LogP contribution in [0.3, 0.4) is 0 Å². The molecule has 0 aliphatic carbocycles. The van der Waals surface area contributed by atoms with Crippen LogP contribution in [0.25, 0.3) is 17.3 Å². The van der Waals surface area contributed by atoms with E-state index in [1.165, 1.54) is 36.5 Å². The summed E-state index contributed by atoms with van der Waals surface area (Å²) in [7, 11) is 1.60. The molecule has 0 fully saturated rings. The van der Waals surface area contributed by atoms with Gasteiger partial charge in [-0.05, 0) is 37.6 Å². The fourth-order valence-electron chi connectivity index (χ4n) is 3.33. The second-order valence-electron chi connectivity index (χ2n) is 7.88. The number of rotatable bonds is 11. The van der Waals surface area contributed by atoms with Gasteiger partial charge in [-0.15, -0.1) is 11.3 Å². The van der Waals surface area contributed by atoms with Crippen LogP contribution < -0.4 is 10.1 Å². The molecule has 0 aliphatic heterocycles. The Bertz CT molecular complexity index is 1270. The van der Waals surface area contributed by atoms with Crippen molar-refractivity contribution in [3.63, 3.8) is 0 Å². The number of nitrogens with one attached hydrogen (secondary N) is 1. The largest absolute Gasteiger partial charge is 0.496 e. The summed E-state index contributed by atoms with van der Waals surface area (Å²) in [5, 5.41) is 14.4. The number of unbranched alkanes of at least 4 members (excludes halogenated alkanes) is 1. The van der Waals surface area contributed by atoms with Crippen molar-refractivity contribution in [2.45, 2.75) is 33.3 Å². The van der Waals surface area contributed by atoms with E-state index in [-0.39, 0.29) is 21.2 Å². The lowest BCUT2D eigenvalue weighted by Crippen LogP contribution is -2.12. The third kappa shape index (κ3) is 6.85. The smallest absolute Gasteiger partial charge is 0.331 e. The standard InChI is InChI=1S/C26H26Cl2N2O5S/c1-4-5-9-35-13-16-7-6-8-18(23(16)34-3)22-14-36-26(29-22)30-24(31)17-11-20(27)19(21(28)12-17)10-15(2)25(32)33/h6-8,10-12,14H,4-5,9,13H2,1-3H3,(H,32,33)(H,29,30,31)/b15-10+. The van der Waals surface area contributed by atoms with Crippen LogP contribution in [0, 0.1) is 0 Å². The molecule has 0 saturated heterocycles. The van der Waals surface area contributed by atoms with Crippen LogP contribution in [0.2, 0.25) is 10.0 Å². The number of aromatic nitrogens is 1. The number of thiazole rings is 1. The normalized spacial score (nSPS) is 11.4. The van der Waals surface area contributed by atoms with Gasteiger partial charge in [-0.1, -0.05) is 48.7 Å². The maximum atomic E-state index is 12.8. The Kier molecular flexibility index (Phi) is 9.89. The summed E-state index contributed by atoms with van der Waals surface area (Å²) in [6.07, 6.45) is 3.42. The van der Waals surface area contributed by atoms with Gasteiger partial charge < -0.3 is 14.6 Å². The zero-order chi connectivity index (χ0) is 26.2. The molecule has 1 amide bonds. The zero-order valence-electron chi connectivity index (χ0n) is 20.1. The SMILES string of the molecule is CCCCOCc1cccc(-c2csc(NC(=O)c3cc(Cl)c(/C=C(\C)C(=O)O)c(Cl)c3)n2)c1OC. The second kappa shape index (κ2) is 12.9. The molecule has 0 spiro atoms. The molecule has 0 saturated carbocycles. The van der Waals surface area contributed by atoms with Crippen molar-refractivity contribution in [3.05, 3.63) is 68.0 Å². The van der Waals surface area contributed by atoms with Crippen molar-refractivity contribution in [1.29, 1.82) is 0 Å². The maximum absolute atomic E-state index is 12.8. The topological polar surface area (TPSA) is 97.8 Å². The van der Waals surface area contributed by atoms with Gasteiger partial charge in [-0.2, -0.15) is 0 Å².